The molecule has 1 aromatic rings. The Kier molecular flexibility index (Phi) is 3.42. The molecule has 1 heteroatoms. The fourth-order valence-electron chi connectivity index (χ4n) is 2.67. The topological polar surface area (TPSA) is 3.24 Å². The van der Waals surface area contributed by atoms with Gasteiger partial charge in [0.15, 0.2) is 0 Å². The van der Waals surface area contributed by atoms with Gasteiger partial charge in [-0.2, -0.15) is 0 Å². The lowest BCUT2D eigenvalue weighted by Gasteiger charge is -2.13. The predicted octanol–water partition coefficient (Wildman–Crippen LogP) is 2.82. The van der Waals surface area contributed by atoms with E-state index in [0.717, 1.165) is 11.8 Å². The average molecular weight is 203 g/mol. The Morgan fingerprint density at radius 3 is 2.53 bits per heavy atom. The van der Waals surface area contributed by atoms with Crippen molar-refractivity contribution in [2.45, 2.75) is 19.8 Å². The average Bonchev–Trinajstić information content (AvgIpc) is 2.56. The largest absolute Gasteiger partial charge is 0.306 e. The summed E-state index contributed by atoms with van der Waals surface area (Å²) < 4.78 is 0. The van der Waals surface area contributed by atoms with Gasteiger partial charge in [-0.25, -0.2) is 0 Å². The van der Waals surface area contributed by atoms with Gasteiger partial charge in [0, 0.05) is 13.1 Å². The minimum Gasteiger partial charge on any atom is -0.306 e. The maximum atomic E-state index is 2.46. The molecule has 1 aromatic carbocycles. The van der Waals surface area contributed by atoms with Crippen LogP contribution in [0.2, 0.25) is 0 Å². The molecular weight excluding hydrogens is 182 g/mol. The number of nitrogens with zero attached hydrogens (tertiary/aromatic N) is 1. The standard InChI is InChI=1S/C14H21N/c1-12-10-15(2)11-14(12)9-8-13-6-4-3-5-7-13/h3-7,12,14H,8-11H2,1-2H3. The molecule has 0 bridgehead atoms. The number of likely N-dealkylation sites (tertiary alicyclic amines) is 1. The van der Waals surface area contributed by atoms with Gasteiger partial charge in [-0.05, 0) is 37.3 Å². The lowest BCUT2D eigenvalue weighted by atomic mass is 9.91. The van der Waals surface area contributed by atoms with Crippen LogP contribution in [0.25, 0.3) is 0 Å². The van der Waals surface area contributed by atoms with Gasteiger partial charge in [0.05, 0.1) is 0 Å². The zero-order valence-electron chi connectivity index (χ0n) is 9.82. The minimum absolute atomic E-state index is 0.874. The van der Waals surface area contributed by atoms with Crippen molar-refractivity contribution < 1.29 is 0 Å². The summed E-state index contributed by atoms with van der Waals surface area (Å²) in [6, 6.07) is 10.8. The third-order valence-corrected chi connectivity index (χ3v) is 3.60. The van der Waals surface area contributed by atoms with Crippen LogP contribution >= 0.6 is 0 Å². The summed E-state index contributed by atoms with van der Waals surface area (Å²) in [5, 5.41) is 0. The van der Waals surface area contributed by atoms with Gasteiger partial charge >= 0.3 is 0 Å². The van der Waals surface area contributed by atoms with Gasteiger partial charge in [-0.15, -0.1) is 0 Å². The van der Waals surface area contributed by atoms with Crippen LogP contribution in [0.1, 0.15) is 18.9 Å². The van der Waals surface area contributed by atoms with Crippen LogP contribution in [-0.2, 0) is 6.42 Å². The Morgan fingerprint density at radius 2 is 1.93 bits per heavy atom. The summed E-state index contributed by atoms with van der Waals surface area (Å²) in [5.41, 5.74) is 1.49. The molecule has 2 atom stereocenters. The summed E-state index contributed by atoms with van der Waals surface area (Å²) in [7, 11) is 2.24. The first-order valence-electron chi connectivity index (χ1n) is 5.98. The molecule has 0 aliphatic carbocycles. The Morgan fingerprint density at radius 1 is 1.20 bits per heavy atom. The van der Waals surface area contributed by atoms with Gasteiger partial charge in [-0.1, -0.05) is 37.3 Å². The van der Waals surface area contributed by atoms with Crippen molar-refractivity contribution in [1.82, 2.24) is 4.90 Å². The highest BCUT2D eigenvalue weighted by Gasteiger charge is 2.26. The third-order valence-electron chi connectivity index (χ3n) is 3.60. The molecule has 15 heavy (non-hydrogen) atoms. The zero-order valence-corrected chi connectivity index (χ0v) is 9.82. The third kappa shape index (κ3) is 2.82. The normalized spacial score (nSPS) is 27.1. The quantitative estimate of drug-likeness (QED) is 0.730. The SMILES string of the molecule is CC1CN(C)CC1CCc1ccccc1. The fourth-order valence-corrected chi connectivity index (χ4v) is 2.67. The molecule has 0 aromatic heterocycles. The predicted molar refractivity (Wildman–Crippen MR) is 64.9 cm³/mol. The van der Waals surface area contributed by atoms with Crippen molar-refractivity contribution in [1.29, 1.82) is 0 Å². The first-order valence-corrected chi connectivity index (χ1v) is 5.98. The minimum atomic E-state index is 0.874. The number of hydrogen-bond acceptors (Lipinski definition) is 1. The van der Waals surface area contributed by atoms with E-state index in [1.165, 1.54) is 31.5 Å². The van der Waals surface area contributed by atoms with Gasteiger partial charge in [-0.3, -0.25) is 0 Å². The van der Waals surface area contributed by atoms with Crippen LogP contribution in [0.4, 0.5) is 0 Å². The molecule has 1 aliphatic rings. The van der Waals surface area contributed by atoms with E-state index in [9.17, 15) is 0 Å². The number of hydrogen-bond donors (Lipinski definition) is 0. The maximum Gasteiger partial charge on any atom is 0.000986 e. The molecule has 2 rings (SSSR count). The molecular formula is C14H21N. The van der Waals surface area contributed by atoms with Crippen LogP contribution < -0.4 is 0 Å². The van der Waals surface area contributed by atoms with Crippen LogP contribution in [-0.4, -0.2) is 25.0 Å². The molecule has 2 unspecified atom stereocenters. The van der Waals surface area contributed by atoms with Crippen molar-refractivity contribution >= 4 is 0 Å². The highest BCUT2D eigenvalue weighted by molar-refractivity contribution is 5.14. The second kappa shape index (κ2) is 4.80. The van der Waals surface area contributed by atoms with E-state index >= 15 is 0 Å². The van der Waals surface area contributed by atoms with Gasteiger partial charge in [0.2, 0.25) is 0 Å². The van der Waals surface area contributed by atoms with Gasteiger partial charge in [0.1, 0.15) is 0 Å². The Bertz CT molecular complexity index is 293. The van der Waals surface area contributed by atoms with Crippen molar-refractivity contribution in [3.8, 4) is 0 Å². The molecule has 0 radical (unpaired) electrons. The molecule has 0 spiro atoms. The lowest BCUT2D eigenvalue weighted by Crippen LogP contribution is -2.14. The first-order chi connectivity index (χ1) is 7.25. The van der Waals surface area contributed by atoms with E-state index < -0.39 is 0 Å². The van der Waals surface area contributed by atoms with Crippen LogP contribution in [0, 0.1) is 11.8 Å². The van der Waals surface area contributed by atoms with E-state index in [-0.39, 0.29) is 0 Å². The number of benzene rings is 1. The Hall–Kier alpha value is -0.820. The maximum absolute atomic E-state index is 2.46. The molecule has 0 amide bonds. The smallest absolute Gasteiger partial charge is 0.000986 e. The van der Waals surface area contributed by atoms with Crippen molar-refractivity contribution in [3.05, 3.63) is 35.9 Å². The molecule has 0 N–H and O–H groups in total. The van der Waals surface area contributed by atoms with Crippen LogP contribution in [0.5, 0.6) is 0 Å². The Balaban J connectivity index is 1.84. The zero-order chi connectivity index (χ0) is 10.7. The summed E-state index contributed by atoms with van der Waals surface area (Å²) >= 11 is 0. The molecule has 82 valence electrons. The van der Waals surface area contributed by atoms with E-state index in [1.807, 2.05) is 0 Å². The highest BCUT2D eigenvalue weighted by Crippen LogP contribution is 2.25. The van der Waals surface area contributed by atoms with Crippen LogP contribution in [0.15, 0.2) is 30.3 Å². The molecule has 1 aliphatic heterocycles. The number of aryl methyl sites for hydroxylation is 1. The van der Waals surface area contributed by atoms with E-state index in [0.29, 0.717) is 0 Å². The highest BCUT2D eigenvalue weighted by atomic mass is 15.1. The van der Waals surface area contributed by atoms with Crippen LogP contribution in [0.3, 0.4) is 0 Å². The van der Waals surface area contributed by atoms with Gasteiger partial charge < -0.3 is 4.90 Å². The van der Waals surface area contributed by atoms with E-state index in [2.05, 4.69) is 49.2 Å². The van der Waals surface area contributed by atoms with Crippen molar-refractivity contribution in [2.24, 2.45) is 11.8 Å². The van der Waals surface area contributed by atoms with E-state index in [1.54, 1.807) is 0 Å². The summed E-state index contributed by atoms with van der Waals surface area (Å²) in [6.07, 6.45) is 2.58. The lowest BCUT2D eigenvalue weighted by molar-refractivity contribution is 0.387. The summed E-state index contributed by atoms with van der Waals surface area (Å²) in [4.78, 5) is 2.46. The van der Waals surface area contributed by atoms with Crippen molar-refractivity contribution in [3.63, 3.8) is 0 Å². The second-order valence-electron chi connectivity index (χ2n) is 4.98. The number of rotatable bonds is 3. The monoisotopic (exact) mass is 203 g/mol. The van der Waals surface area contributed by atoms with Crippen molar-refractivity contribution in [2.75, 3.05) is 20.1 Å². The molecule has 1 nitrogen and oxygen atoms in total. The van der Waals surface area contributed by atoms with Gasteiger partial charge in [0.25, 0.3) is 0 Å². The molecule has 1 saturated heterocycles. The Labute approximate surface area is 93.1 Å². The fraction of sp³-hybridized carbons (Fsp3) is 0.571. The van der Waals surface area contributed by atoms with E-state index in [4.69, 9.17) is 0 Å². The first kappa shape index (κ1) is 10.7. The molecule has 1 fully saturated rings. The second-order valence-corrected chi connectivity index (χ2v) is 4.98. The summed E-state index contributed by atoms with van der Waals surface area (Å²) in [6.45, 7) is 4.95. The molecule has 0 saturated carbocycles. The molecule has 1 heterocycles. The summed E-state index contributed by atoms with van der Waals surface area (Å²) in [5.74, 6) is 1.77.